The zero-order chi connectivity index (χ0) is 18.8. The van der Waals surface area contributed by atoms with Crippen molar-refractivity contribution in [3.05, 3.63) is 35.7 Å². The number of hydrogen-bond donors (Lipinski definition) is 1. The molecule has 0 bridgehead atoms. The highest BCUT2D eigenvalue weighted by molar-refractivity contribution is 5.78. The average Bonchev–Trinajstić information content (AvgIpc) is 3.30. The molecule has 2 amide bonds. The maximum atomic E-state index is 12.6. The van der Waals surface area contributed by atoms with E-state index in [0.29, 0.717) is 44.9 Å². The summed E-state index contributed by atoms with van der Waals surface area (Å²) in [5, 5.41) is 7.29. The number of nitrogens with zero attached hydrogens (tertiary/aromatic N) is 5. The molecule has 2 aliphatic rings. The van der Waals surface area contributed by atoms with Gasteiger partial charge in [0.25, 0.3) is 0 Å². The van der Waals surface area contributed by atoms with Crippen molar-refractivity contribution in [1.29, 1.82) is 0 Å². The fourth-order valence-corrected chi connectivity index (χ4v) is 3.55. The molecule has 4 rings (SSSR count). The van der Waals surface area contributed by atoms with E-state index in [1.54, 1.807) is 4.68 Å². The molecule has 1 fully saturated rings. The molecule has 1 aliphatic heterocycles. The van der Waals surface area contributed by atoms with Crippen molar-refractivity contribution in [1.82, 2.24) is 29.5 Å². The Hall–Kier alpha value is -2.64. The Morgan fingerprint density at radius 2 is 2.11 bits per heavy atom. The van der Waals surface area contributed by atoms with Gasteiger partial charge < -0.3 is 14.8 Å². The third-order valence-corrected chi connectivity index (χ3v) is 5.31. The molecule has 0 radical (unpaired) electrons. The van der Waals surface area contributed by atoms with Crippen molar-refractivity contribution < 1.29 is 9.59 Å². The van der Waals surface area contributed by atoms with Gasteiger partial charge in [-0.3, -0.25) is 14.3 Å². The lowest BCUT2D eigenvalue weighted by Gasteiger charge is -2.19. The van der Waals surface area contributed by atoms with E-state index in [1.807, 2.05) is 30.4 Å². The quantitative estimate of drug-likeness (QED) is 0.810. The summed E-state index contributed by atoms with van der Waals surface area (Å²) < 4.78 is 3.86. The number of aryl methyl sites for hydroxylation is 1. The van der Waals surface area contributed by atoms with Gasteiger partial charge in [-0.05, 0) is 24.8 Å². The number of fused-ring (bicyclic) bond motifs is 1. The molecule has 27 heavy (non-hydrogen) atoms. The molecule has 2 aromatic heterocycles. The number of carbonyl (C=O) groups is 2. The highest BCUT2D eigenvalue weighted by Gasteiger charge is 2.25. The van der Waals surface area contributed by atoms with Crippen LogP contribution in [0.1, 0.15) is 36.5 Å². The molecule has 8 nitrogen and oxygen atoms in total. The Balaban J connectivity index is 1.33. The summed E-state index contributed by atoms with van der Waals surface area (Å²) in [4.78, 5) is 30.9. The normalized spacial score (nSPS) is 16.7. The van der Waals surface area contributed by atoms with E-state index in [4.69, 9.17) is 0 Å². The summed E-state index contributed by atoms with van der Waals surface area (Å²) in [7, 11) is 1.85. The van der Waals surface area contributed by atoms with Gasteiger partial charge in [0.15, 0.2) is 0 Å². The zero-order valence-electron chi connectivity index (χ0n) is 15.7. The van der Waals surface area contributed by atoms with Crippen LogP contribution in [0.4, 0.5) is 0 Å². The van der Waals surface area contributed by atoms with Gasteiger partial charge in [-0.25, -0.2) is 4.98 Å². The summed E-state index contributed by atoms with van der Waals surface area (Å²) in [6.07, 6.45) is 7.74. The van der Waals surface area contributed by atoms with E-state index < -0.39 is 0 Å². The lowest BCUT2D eigenvalue weighted by Crippen LogP contribution is -2.35. The molecule has 3 heterocycles. The fraction of sp³-hybridized carbons (Fsp3) is 0.579. The van der Waals surface area contributed by atoms with Crippen LogP contribution in [0.3, 0.4) is 0 Å². The minimum absolute atomic E-state index is 0.0961. The van der Waals surface area contributed by atoms with Gasteiger partial charge in [-0.2, -0.15) is 5.10 Å². The second kappa shape index (κ2) is 7.54. The van der Waals surface area contributed by atoms with E-state index in [0.717, 1.165) is 23.6 Å². The van der Waals surface area contributed by atoms with Crippen LogP contribution in [0, 0.1) is 5.92 Å². The molecule has 0 saturated heterocycles. The summed E-state index contributed by atoms with van der Waals surface area (Å²) in [6.45, 7) is 2.52. The highest BCUT2D eigenvalue weighted by Crippen LogP contribution is 2.32. The first kappa shape index (κ1) is 17.8. The van der Waals surface area contributed by atoms with Crippen LogP contribution >= 0.6 is 0 Å². The van der Waals surface area contributed by atoms with Crippen molar-refractivity contribution in [3.63, 3.8) is 0 Å². The maximum absolute atomic E-state index is 12.6. The highest BCUT2D eigenvalue weighted by atomic mass is 16.2. The Morgan fingerprint density at radius 3 is 2.85 bits per heavy atom. The van der Waals surface area contributed by atoms with E-state index in [1.165, 1.54) is 12.8 Å². The van der Waals surface area contributed by atoms with Crippen LogP contribution < -0.4 is 5.32 Å². The Labute approximate surface area is 158 Å². The topological polar surface area (TPSA) is 85.0 Å². The zero-order valence-corrected chi connectivity index (χ0v) is 15.7. The first-order valence-electron chi connectivity index (χ1n) is 9.65. The van der Waals surface area contributed by atoms with E-state index >= 15 is 0 Å². The molecule has 0 aromatic carbocycles. The molecule has 0 spiro atoms. The van der Waals surface area contributed by atoms with Crippen LogP contribution in [-0.2, 0) is 42.6 Å². The molecule has 144 valence electrons. The Kier molecular flexibility index (Phi) is 4.96. The van der Waals surface area contributed by atoms with Crippen LogP contribution in [0.25, 0.3) is 0 Å². The molecular weight excluding hydrogens is 344 g/mol. The molecular formula is C19H26N6O2. The predicted molar refractivity (Wildman–Crippen MR) is 98.6 cm³/mol. The molecule has 2 aromatic rings. The summed E-state index contributed by atoms with van der Waals surface area (Å²) in [6, 6.07) is 1.88. The second-order valence-corrected chi connectivity index (χ2v) is 7.53. The van der Waals surface area contributed by atoms with Gasteiger partial charge in [0, 0.05) is 45.7 Å². The second-order valence-electron chi connectivity index (χ2n) is 7.53. The smallest absolute Gasteiger partial charge is 0.228 e. The number of imidazole rings is 1. The Morgan fingerprint density at radius 1 is 1.26 bits per heavy atom. The number of amides is 2. The van der Waals surface area contributed by atoms with E-state index in [2.05, 4.69) is 20.0 Å². The van der Waals surface area contributed by atoms with Crippen LogP contribution in [0.15, 0.2) is 18.5 Å². The van der Waals surface area contributed by atoms with Crippen molar-refractivity contribution in [2.75, 3.05) is 13.1 Å². The van der Waals surface area contributed by atoms with Crippen LogP contribution in [-0.4, -0.2) is 49.1 Å². The first-order valence-corrected chi connectivity index (χ1v) is 9.65. The standard InChI is InChI=1S/C19H26N6O2/c1-23-6-4-15(22-23)11-19(27)24-7-5-17-20-12-16(25(17)9-8-24)13-21-18(26)10-14-2-3-14/h4,6,12,14H,2-3,5,7-11,13H2,1H3,(H,21,26). The summed E-state index contributed by atoms with van der Waals surface area (Å²) in [5.74, 6) is 1.79. The van der Waals surface area contributed by atoms with Crippen molar-refractivity contribution in [2.45, 2.75) is 45.2 Å². The third-order valence-electron chi connectivity index (χ3n) is 5.31. The lowest BCUT2D eigenvalue weighted by molar-refractivity contribution is -0.130. The largest absolute Gasteiger partial charge is 0.350 e. The number of hydrogen-bond acceptors (Lipinski definition) is 4. The van der Waals surface area contributed by atoms with Crippen LogP contribution in [0.5, 0.6) is 0 Å². The SMILES string of the molecule is Cn1ccc(CC(=O)N2CCc3ncc(CNC(=O)CC4CC4)n3CC2)n1. The number of nitrogens with one attached hydrogen (secondary N) is 1. The van der Waals surface area contributed by atoms with Gasteiger partial charge >= 0.3 is 0 Å². The van der Waals surface area contributed by atoms with Crippen LogP contribution in [0.2, 0.25) is 0 Å². The molecule has 0 atom stereocenters. The molecule has 1 aliphatic carbocycles. The van der Waals surface area contributed by atoms with Gasteiger partial charge in [0.2, 0.25) is 11.8 Å². The number of carbonyl (C=O) groups excluding carboxylic acids is 2. The van der Waals surface area contributed by atoms with E-state index in [9.17, 15) is 9.59 Å². The number of rotatable bonds is 6. The summed E-state index contributed by atoms with van der Waals surface area (Å²) in [5.41, 5.74) is 1.80. The minimum atomic E-state index is 0.0961. The molecule has 1 N–H and O–H groups in total. The van der Waals surface area contributed by atoms with Crippen molar-refractivity contribution in [3.8, 4) is 0 Å². The fourth-order valence-electron chi connectivity index (χ4n) is 3.55. The molecule has 8 heteroatoms. The van der Waals surface area contributed by atoms with Crippen molar-refractivity contribution in [2.24, 2.45) is 13.0 Å². The van der Waals surface area contributed by atoms with Crippen molar-refractivity contribution >= 4 is 11.8 Å². The molecule has 1 saturated carbocycles. The van der Waals surface area contributed by atoms with Gasteiger partial charge in [-0.15, -0.1) is 0 Å². The monoisotopic (exact) mass is 370 g/mol. The van der Waals surface area contributed by atoms with Gasteiger partial charge in [0.1, 0.15) is 5.82 Å². The van der Waals surface area contributed by atoms with E-state index in [-0.39, 0.29) is 11.8 Å². The predicted octanol–water partition coefficient (Wildman–Crippen LogP) is 0.660. The van der Waals surface area contributed by atoms with Gasteiger partial charge in [-0.1, -0.05) is 0 Å². The molecule has 0 unspecified atom stereocenters. The average molecular weight is 370 g/mol. The number of aromatic nitrogens is 4. The summed E-state index contributed by atoms with van der Waals surface area (Å²) >= 11 is 0. The Bertz CT molecular complexity index is 835. The minimum Gasteiger partial charge on any atom is -0.350 e. The van der Waals surface area contributed by atoms with Gasteiger partial charge in [0.05, 0.1) is 30.6 Å². The lowest BCUT2D eigenvalue weighted by atomic mass is 10.2. The maximum Gasteiger partial charge on any atom is 0.228 e. The first-order chi connectivity index (χ1) is 13.1. The third kappa shape index (κ3) is 4.37.